The highest BCUT2D eigenvalue weighted by atomic mass is 79.9. The molecule has 0 spiro atoms. The fourth-order valence-electron chi connectivity index (χ4n) is 1.72. The average molecular weight is 307 g/mol. The molecule has 0 aliphatic rings. The molecule has 0 aliphatic carbocycles. The molecule has 1 aromatic carbocycles. The lowest BCUT2D eigenvalue weighted by molar-refractivity contribution is 0.302. The normalized spacial score (nSPS) is 10.4. The standard InChI is InChI=1S/C14H15BrN2O/c1-10-7-12(15)4-5-14(10)18-9-11-3-2-6-17-13(11)8-16/h2-7H,8-9,16H2,1H3. The van der Waals surface area contributed by atoms with Gasteiger partial charge in [-0.2, -0.15) is 0 Å². The third-order valence-corrected chi connectivity index (χ3v) is 3.19. The molecule has 3 nitrogen and oxygen atoms in total. The van der Waals surface area contributed by atoms with Crippen LogP contribution in [0.15, 0.2) is 41.0 Å². The lowest BCUT2D eigenvalue weighted by Crippen LogP contribution is -2.07. The average Bonchev–Trinajstić information content (AvgIpc) is 2.38. The second kappa shape index (κ2) is 5.98. The summed E-state index contributed by atoms with van der Waals surface area (Å²) in [5.74, 6) is 0.880. The van der Waals surface area contributed by atoms with Gasteiger partial charge in [0, 0.05) is 22.8 Å². The number of hydrogen-bond acceptors (Lipinski definition) is 3. The zero-order valence-electron chi connectivity index (χ0n) is 10.2. The first-order valence-corrected chi connectivity index (χ1v) is 6.52. The minimum Gasteiger partial charge on any atom is -0.489 e. The SMILES string of the molecule is Cc1cc(Br)ccc1OCc1cccnc1CN. The third kappa shape index (κ3) is 3.09. The van der Waals surface area contributed by atoms with Crippen LogP contribution in [0.1, 0.15) is 16.8 Å². The summed E-state index contributed by atoms with van der Waals surface area (Å²) in [6.45, 7) is 2.94. The maximum Gasteiger partial charge on any atom is 0.122 e. The van der Waals surface area contributed by atoms with E-state index in [4.69, 9.17) is 10.5 Å². The van der Waals surface area contributed by atoms with Crippen LogP contribution in [-0.4, -0.2) is 4.98 Å². The van der Waals surface area contributed by atoms with Gasteiger partial charge in [-0.05, 0) is 36.8 Å². The Bertz CT molecular complexity index is 543. The van der Waals surface area contributed by atoms with Crippen molar-refractivity contribution in [2.75, 3.05) is 0 Å². The second-order valence-electron chi connectivity index (χ2n) is 4.01. The highest BCUT2D eigenvalue weighted by Crippen LogP contribution is 2.23. The Balaban J connectivity index is 2.11. The van der Waals surface area contributed by atoms with Crippen molar-refractivity contribution in [3.63, 3.8) is 0 Å². The summed E-state index contributed by atoms with van der Waals surface area (Å²) in [4.78, 5) is 4.23. The van der Waals surface area contributed by atoms with Gasteiger partial charge in [-0.15, -0.1) is 0 Å². The Labute approximate surface area is 115 Å². The fraction of sp³-hybridized carbons (Fsp3) is 0.214. The lowest BCUT2D eigenvalue weighted by atomic mass is 10.2. The van der Waals surface area contributed by atoms with Crippen LogP contribution in [0.5, 0.6) is 5.75 Å². The molecule has 2 rings (SSSR count). The summed E-state index contributed by atoms with van der Waals surface area (Å²) in [5.41, 5.74) is 8.66. The zero-order chi connectivity index (χ0) is 13.0. The van der Waals surface area contributed by atoms with Crippen molar-refractivity contribution in [2.45, 2.75) is 20.1 Å². The molecule has 0 saturated carbocycles. The molecule has 0 atom stereocenters. The Morgan fingerprint density at radius 2 is 2.17 bits per heavy atom. The van der Waals surface area contributed by atoms with Crippen molar-refractivity contribution >= 4 is 15.9 Å². The number of pyridine rings is 1. The number of nitrogens with zero attached hydrogens (tertiary/aromatic N) is 1. The van der Waals surface area contributed by atoms with E-state index in [9.17, 15) is 0 Å². The molecule has 0 saturated heterocycles. The van der Waals surface area contributed by atoms with E-state index in [0.717, 1.165) is 27.0 Å². The van der Waals surface area contributed by atoms with Gasteiger partial charge in [-0.3, -0.25) is 4.98 Å². The molecular weight excluding hydrogens is 292 g/mol. The summed E-state index contributed by atoms with van der Waals surface area (Å²) < 4.78 is 6.86. The van der Waals surface area contributed by atoms with E-state index >= 15 is 0 Å². The largest absolute Gasteiger partial charge is 0.489 e. The summed E-state index contributed by atoms with van der Waals surface area (Å²) >= 11 is 3.43. The molecule has 0 bridgehead atoms. The number of halogens is 1. The van der Waals surface area contributed by atoms with Crippen LogP contribution < -0.4 is 10.5 Å². The zero-order valence-corrected chi connectivity index (χ0v) is 11.8. The quantitative estimate of drug-likeness (QED) is 0.943. The van der Waals surface area contributed by atoms with Crippen LogP contribution in [0.4, 0.5) is 0 Å². The number of benzene rings is 1. The highest BCUT2D eigenvalue weighted by Gasteiger charge is 2.04. The lowest BCUT2D eigenvalue weighted by Gasteiger charge is -2.11. The van der Waals surface area contributed by atoms with E-state index in [0.29, 0.717) is 13.2 Å². The molecule has 0 amide bonds. The van der Waals surface area contributed by atoms with Crippen LogP contribution in [0.2, 0.25) is 0 Å². The molecular formula is C14H15BrN2O. The Hall–Kier alpha value is -1.39. The summed E-state index contributed by atoms with van der Waals surface area (Å²) in [5, 5.41) is 0. The molecule has 0 radical (unpaired) electrons. The molecule has 2 aromatic rings. The van der Waals surface area contributed by atoms with Gasteiger partial charge < -0.3 is 10.5 Å². The van der Waals surface area contributed by atoms with Crippen LogP contribution in [0, 0.1) is 6.92 Å². The van der Waals surface area contributed by atoms with Crippen molar-refractivity contribution in [3.05, 3.63) is 57.8 Å². The highest BCUT2D eigenvalue weighted by molar-refractivity contribution is 9.10. The second-order valence-corrected chi connectivity index (χ2v) is 4.93. The van der Waals surface area contributed by atoms with Gasteiger partial charge in [0.1, 0.15) is 12.4 Å². The van der Waals surface area contributed by atoms with Gasteiger partial charge >= 0.3 is 0 Å². The summed E-state index contributed by atoms with van der Waals surface area (Å²) in [7, 11) is 0. The number of rotatable bonds is 4. The van der Waals surface area contributed by atoms with Gasteiger partial charge in [0.05, 0.1) is 5.69 Å². The molecule has 4 heteroatoms. The molecule has 1 aromatic heterocycles. The number of aromatic nitrogens is 1. The van der Waals surface area contributed by atoms with E-state index < -0.39 is 0 Å². The molecule has 0 unspecified atom stereocenters. The predicted octanol–water partition coefficient (Wildman–Crippen LogP) is 3.19. The first-order valence-electron chi connectivity index (χ1n) is 5.72. The molecule has 0 aliphatic heterocycles. The Morgan fingerprint density at radius 1 is 1.33 bits per heavy atom. The topological polar surface area (TPSA) is 48.1 Å². The van der Waals surface area contributed by atoms with Crippen molar-refractivity contribution in [1.29, 1.82) is 0 Å². The van der Waals surface area contributed by atoms with E-state index in [2.05, 4.69) is 20.9 Å². The van der Waals surface area contributed by atoms with Gasteiger partial charge in [0.25, 0.3) is 0 Å². The monoisotopic (exact) mass is 306 g/mol. The summed E-state index contributed by atoms with van der Waals surface area (Å²) in [6.07, 6.45) is 1.75. The van der Waals surface area contributed by atoms with E-state index in [1.807, 2.05) is 37.3 Å². The molecule has 1 heterocycles. The Kier molecular flexibility index (Phi) is 4.33. The number of aryl methyl sites for hydroxylation is 1. The van der Waals surface area contributed by atoms with Crippen LogP contribution >= 0.6 is 15.9 Å². The van der Waals surface area contributed by atoms with E-state index in [-0.39, 0.29) is 0 Å². The maximum absolute atomic E-state index is 5.80. The van der Waals surface area contributed by atoms with Crippen molar-refractivity contribution in [1.82, 2.24) is 4.98 Å². The van der Waals surface area contributed by atoms with Gasteiger partial charge in [-0.25, -0.2) is 0 Å². The minimum absolute atomic E-state index is 0.429. The van der Waals surface area contributed by atoms with Gasteiger partial charge in [0.2, 0.25) is 0 Å². The fourth-order valence-corrected chi connectivity index (χ4v) is 2.19. The summed E-state index contributed by atoms with van der Waals surface area (Å²) in [6, 6.07) is 9.84. The number of nitrogens with two attached hydrogens (primary N) is 1. The van der Waals surface area contributed by atoms with Crippen molar-refractivity contribution < 1.29 is 4.74 Å². The molecule has 18 heavy (non-hydrogen) atoms. The number of ether oxygens (including phenoxy) is 1. The van der Waals surface area contributed by atoms with E-state index in [1.54, 1.807) is 6.20 Å². The first-order chi connectivity index (χ1) is 8.70. The Morgan fingerprint density at radius 3 is 2.89 bits per heavy atom. The maximum atomic E-state index is 5.80. The molecule has 0 fully saturated rings. The predicted molar refractivity (Wildman–Crippen MR) is 75.3 cm³/mol. The van der Waals surface area contributed by atoms with E-state index in [1.165, 1.54) is 0 Å². The van der Waals surface area contributed by atoms with Crippen molar-refractivity contribution in [3.8, 4) is 5.75 Å². The van der Waals surface area contributed by atoms with Crippen LogP contribution in [0.3, 0.4) is 0 Å². The smallest absolute Gasteiger partial charge is 0.122 e. The van der Waals surface area contributed by atoms with Gasteiger partial charge in [0.15, 0.2) is 0 Å². The van der Waals surface area contributed by atoms with Crippen LogP contribution in [-0.2, 0) is 13.2 Å². The van der Waals surface area contributed by atoms with Crippen molar-refractivity contribution in [2.24, 2.45) is 5.73 Å². The third-order valence-electron chi connectivity index (χ3n) is 2.70. The number of hydrogen-bond donors (Lipinski definition) is 1. The van der Waals surface area contributed by atoms with Crippen LogP contribution in [0.25, 0.3) is 0 Å². The minimum atomic E-state index is 0.429. The molecule has 2 N–H and O–H groups in total. The van der Waals surface area contributed by atoms with Gasteiger partial charge in [-0.1, -0.05) is 22.0 Å². The molecule has 94 valence electrons. The first kappa shape index (κ1) is 13.1.